The molecule has 0 aromatic carbocycles. The molecule has 72 valence electrons. The maximum atomic E-state index is 6.26. The van der Waals surface area contributed by atoms with Gasteiger partial charge in [-0.3, -0.25) is 0 Å². The zero-order valence-electron chi connectivity index (χ0n) is 8.26. The van der Waals surface area contributed by atoms with Crippen molar-refractivity contribution in [3.8, 4) is 0 Å². The van der Waals surface area contributed by atoms with E-state index in [0.29, 0.717) is 6.04 Å². The van der Waals surface area contributed by atoms with Gasteiger partial charge in [0.1, 0.15) is 0 Å². The van der Waals surface area contributed by atoms with Crippen LogP contribution in [0.5, 0.6) is 0 Å². The first-order valence-electron chi connectivity index (χ1n) is 5.82. The fraction of sp³-hybridized carbons (Fsp3) is 0.833. The largest absolute Gasteiger partial charge is 0.327 e. The Hall–Kier alpha value is -0.300. The molecular formula is C12H19N. The van der Waals surface area contributed by atoms with Gasteiger partial charge in [0.2, 0.25) is 0 Å². The SMILES string of the molecule is NC1C2CCC1C1=C(CCCC1)C2. The van der Waals surface area contributed by atoms with Gasteiger partial charge in [0, 0.05) is 6.04 Å². The van der Waals surface area contributed by atoms with Crippen LogP contribution in [-0.2, 0) is 0 Å². The van der Waals surface area contributed by atoms with E-state index in [1.165, 1.54) is 44.9 Å². The molecule has 0 saturated heterocycles. The molecule has 1 heteroatoms. The van der Waals surface area contributed by atoms with Crippen molar-refractivity contribution in [3.63, 3.8) is 0 Å². The predicted octanol–water partition coefficient (Wildman–Crippen LogP) is 2.61. The minimum absolute atomic E-state index is 0.525. The summed E-state index contributed by atoms with van der Waals surface area (Å²) in [6, 6.07) is 0.525. The Bertz CT molecular complexity index is 254. The van der Waals surface area contributed by atoms with Crippen LogP contribution in [0, 0.1) is 11.8 Å². The van der Waals surface area contributed by atoms with Crippen molar-refractivity contribution < 1.29 is 0 Å². The van der Waals surface area contributed by atoms with Crippen LogP contribution in [0.2, 0.25) is 0 Å². The van der Waals surface area contributed by atoms with Gasteiger partial charge in [0.25, 0.3) is 0 Å². The highest BCUT2D eigenvalue weighted by atomic mass is 14.7. The summed E-state index contributed by atoms with van der Waals surface area (Å²) in [6.45, 7) is 0. The van der Waals surface area contributed by atoms with Gasteiger partial charge in [-0.05, 0) is 56.8 Å². The van der Waals surface area contributed by atoms with Crippen molar-refractivity contribution in [1.82, 2.24) is 0 Å². The summed E-state index contributed by atoms with van der Waals surface area (Å²) in [5.41, 5.74) is 9.88. The van der Waals surface area contributed by atoms with Crippen LogP contribution in [0.15, 0.2) is 11.1 Å². The van der Waals surface area contributed by atoms with Crippen LogP contribution in [0.3, 0.4) is 0 Å². The smallest absolute Gasteiger partial charge is 0.0136 e. The molecule has 2 bridgehead atoms. The van der Waals surface area contributed by atoms with Crippen LogP contribution >= 0.6 is 0 Å². The Labute approximate surface area is 80.4 Å². The molecule has 1 saturated carbocycles. The maximum Gasteiger partial charge on any atom is 0.0136 e. The monoisotopic (exact) mass is 177 g/mol. The Morgan fingerprint density at radius 1 is 1.08 bits per heavy atom. The molecule has 1 nitrogen and oxygen atoms in total. The Morgan fingerprint density at radius 2 is 1.92 bits per heavy atom. The summed E-state index contributed by atoms with van der Waals surface area (Å²) in [5, 5.41) is 0. The van der Waals surface area contributed by atoms with Gasteiger partial charge < -0.3 is 5.73 Å². The number of allylic oxidation sites excluding steroid dienone is 1. The van der Waals surface area contributed by atoms with Crippen molar-refractivity contribution in [2.24, 2.45) is 17.6 Å². The van der Waals surface area contributed by atoms with E-state index < -0.39 is 0 Å². The molecule has 3 unspecified atom stereocenters. The first kappa shape index (κ1) is 8.05. The molecule has 0 aromatic heterocycles. The highest BCUT2D eigenvalue weighted by Crippen LogP contribution is 2.48. The average Bonchev–Trinajstić information content (AvgIpc) is 2.43. The number of rotatable bonds is 0. The normalized spacial score (nSPS) is 43.6. The summed E-state index contributed by atoms with van der Waals surface area (Å²) in [5.74, 6) is 1.65. The van der Waals surface area contributed by atoms with Crippen LogP contribution in [0.4, 0.5) is 0 Å². The molecule has 0 heterocycles. The molecule has 0 spiro atoms. The topological polar surface area (TPSA) is 26.0 Å². The van der Waals surface area contributed by atoms with Gasteiger partial charge in [-0.25, -0.2) is 0 Å². The van der Waals surface area contributed by atoms with E-state index in [0.717, 1.165) is 11.8 Å². The van der Waals surface area contributed by atoms with E-state index in [9.17, 15) is 0 Å². The van der Waals surface area contributed by atoms with Gasteiger partial charge in [-0.15, -0.1) is 0 Å². The van der Waals surface area contributed by atoms with Gasteiger partial charge in [0.15, 0.2) is 0 Å². The lowest BCUT2D eigenvalue weighted by Gasteiger charge is -2.34. The minimum Gasteiger partial charge on any atom is -0.327 e. The van der Waals surface area contributed by atoms with E-state index in [4.69, 9.17) is 5.73 Å². The molecule has 0 aromatic rings. The van der Waals surface area contributed by atoms with Crippen molar-refractivity contribution >= 4 is 0 Å². The number of hydrogen-bond donors (Lipinski definition) is 1. The quantitative estimate of drug-likeness (QED) is 0.565. The van der Waals surface area contributed by atoms with E-state index >= 15 is 0 Å². The molecular weight excluding hydrogens is 158 g/mol. The first-order valence-corrected chi connectivity index (χ1v) is 5.82. The third-order valence-electron chi connectivity index (χ3n) is 4.44. The summed E-state index contributed by atoms with van der Waals surface area (Å²) in [7, 11) is 0. The lowest BCUT2D eigenvalue weighted by atomic mass is 9.74. The van der Waals surface area contributed by atoms with Gasteiger partial charge >= 0.3 is 0 Å². The lowest BCUT2D eigenvalue weighted by Crippen LogP contribution is -2.36. The van der Waals surface area contributed by atoms with E-state index in [2.05, 4.69) is 0 Å². The Kier molecular flexibility index (Phi) is 1.76. The molecule has 13 heavy (non-hydrogen) atoms. The van der Waals surface area contributed by atoms with Gasteiger partial charge in [-0.2, -0.15) is 0 Å². The Balaban J connectivity index is 1.97. The summed E-state index contributed by atoms with van der Waals surface area (Å²) in [4.78, 5) is 0. The van der Waals surface area contributed by atoms with Crippen molar-refractivity contribution in [3.05, 3.63) is 11.1 Å². The van der Waals surface area contributed by atoms with E-state index in [-0.39, 0.29) is 0 Å². The van der Waals surface area contributed by atoms with Crippen molar-refractivity contribution in [1.29, 1.82) is 0 Å². The second-order valence-corrected chi connectivity index (χ2v) is 5.06. The number of hydrogen-bond acceptors (Lipinski definition) is 1. The van der Waals surface area contributed by atoms with Crippen molar-refractivity contribution in [2.45, 2.75) is 51.0 Å². The fourth-order valence-corrected chi connectivity index (χ4v) is 3.74. The summed E-state index contributed by atoms with van der Waals surface area (Å²) < 4.78 is 0. The second kappa shape index (κ2) is 2.84. The molecule has 3 aliphatic carbocycles. The minimum atomic E-state index is 0.525. The molecule has 0 aliphatic heterocycles. The van der Waals surface area contributed by atoms with E-state index in [1.807, 2.05) is 5.57 Å². The third kappa shape index (κ3) is 1.10. The standard InChI is InChI=1S/C12H19N/c13-12-9-5-6-11(12)10-4-2-1-3-8(10)7-9/h9,11-12H,1-7,13H2. The van der Waals surface area contributed by atoms with Crippen molar-refractivity contribution in [2.75, 3.05) is 0 Å². The molecule has 0 radical (unpaired) electrons. The molecule has 3 rings (SSSR count). The fourth-order valence-electron chi connectivity index (χ4n) is 3.74. The second-order valence-electron chi connectivity index (χ2n) is 5.06. The predicted molar refractivity (Wildman–Crippen MR) is 54.3 cm³/mol. The molecule has 3 aliphatic rings. The summed E-state index contributed by atoms with van der Waals surface area (Å²) in [6.07, 6.45) is 9.78. The van der Waals surface area contributed by atoms with Crippen LogP contribution < -0.4 is 5.73 Å². The van der Waals surface area contributed by atoms with E-state index in [1.54, 1.807) is 5.57 Å². The highest BCUT2D eigenvalue weighted by molar-refractivity contribution is 5.28. The first-order chi connectivity index (χ1) is 6.36. The lowest BCUT2D eigenvalue weighted by molar-refractivity contribution is 0.379. The van der Waals surface area contributed by atoms with Crippen LogP contribution in [0.25, 0.3) is 0 Å². The van der Waals surface area contributed by atoms with Gasteiger partial charge in [-0.1, -0.05) is 11.1 Å². The average molecular weight is 177 g/mol. The Morgan fingerprint density at radius 3 is 2.85 bits per heavy atom. The highest BCUT2D eigenvalue weighted by Gasteiger charge is 2.41. The molecule has 1 fully saturated rings. The third-order valence-corrected chi connectivity index (χ3v) is 4.44. The van der Waals surface area contributed by atoms with Crippen LogP contribution in [-0.4, -0.2) is 6.04 Å². The molecule has 2 N–H and O–H groups in total. The number of fused-ring (bicyclic) bond motifs is 3. The molecule has 0 amide bonds. The summed E-state index contributed by atoms with van der Waals surface area (Å²) >= 11 is 0. The van der Waals surface area contributed by atoms with Crippen LogP contribution in [0.1, 0.15) is 44.9 Å². The zero-order chi connectivity index (χ0) is 8.84. The maximum absolute atomic E-state index is 6.26. The van der Waals surface area contributed by atoms with Gasteiger partial charge in [0.05, 0.1) is 0 Å². The number of nitrogens with two attached hydrogens (primary N) is 1. The molecule has 3 atom stereocenters. The zero-order valence-corrected chi connectivity index (χ0v) is 8.26.